The second-order valence-corrected chi connectivity index (χ2v) is 6.35. The molecular formula is C23H19N3O4. The summed E-state index contributed by atoms with van der Waals surface area (Å²) in [5.74, 6) is 5.04. The first kappa shape index (κ1) is 20.7. The molecule has 0 bridgehead atoms. The zero-order valence-corrected chi connectivity index (χ0v) is 16.4. The lowest BCUT2D eigenvalue weighted by Gasteiger charge is -2.10. The van der Waals surface area contributed by atoms with Gasteiger partial charge in [-0.25, -0.2) is 9.78 Å². The van der Waals surface area contributed by atoms with E-state index in [0.29, 0.717) is 5.69 Å². The monoisotopic (exact) mass is 401 g/mol. The molecule has 0 aliphatic carbocycles. The molecule has 1 atom stereocenters. The van der Waals surface area contributed by atoms with E-state index in [0.717, 1.165) is 16.7 Å². The lowest BCUT2D eigenvalue weighted by atomic mass is 10.1. The van der Waals surface area contributed by atoms with Crippen LogP contribution in [0.3, 0.4) is 0 Å². The van der Waals surface area contributed by atoms with Crippen LogP contribution in [0.1, 0.15) is 28.4 Å². The molecule has 0 saturated carbocycles. The van der Waals surface area contributed by atoms with Gasteiger partial charge in [-0.3, -0.25) is 9.78 Å². The normalized spacial score (nSPS) is 11.0. The van der Waals surface area contributed by atoms with Crippen molar-refractivity contribution in [1.29, 1.82) is 0 Å². The van der Waals surface area contributed by atoms with Gasteiger partial charge in [0.05, 0.1) is 18.4 Å². The van der Waals surface area contributed by atoms with E-state index in [1.807, 2.05) is 36.4 Å². The van der Waals surface area contributed by atoms with Gasteiger partial charge >= 0.3 is 5.97 Å². The molecule has 2 aromatic heterocycles. The highest BCUT2D eigenvalue weighted by molar-refractivity contribution is 5.96. The van der Waals surface area contributed by atoms with Crippen LogP contribution in [-0.4, -0.2) is 40.2 Å². The van der Waals surface area contributed by atoms with Crippen LogP contribution in [0.4, 0.5) is 5.82 Å². The van der Waals surface area contributed by atoms with E-state index >= 15 is 0 Å². The highest BCUT2D eigenvalue weighted by atomic mass is 16.5. The number of aromatic nitrogens is 2. The fourth-order valence-corrected chi connectivity index (χ4v) is 2.51. The summed E-state index contributed by atoms with van der Waals surface area (Å²) in [5.41, 5.74) is 3.02. The number of carbonyl (C=O) groups is 2. The first-order valence-corrected chi connectivity index (χ1v) is 9.08. The van der Waals surface area contributed by atoms with Crippen molar-refractivity contribution in [1.82, 2.24) is 9.97 Å². The van der Waals surface area contributed by atoms with Gasteiger partial charge in [-0.2, -0.15) is 0 Å². The Morgan fingerprint density at radius 2 is 1.83 bits per heavy atom. The Labute approximate surface area is 173 Å². The molecule has 7 nitrogen and oxygen atoms in total. The van der Waals surface area contributed by atoms with Crippen LogP contribution in [0, 0.1) is 11.8 Å². The predicted octanol–water partition coefficient (Wildman–Crippen LogP) is 2.65. The largest absolute Gasteiger partial charge is 0.465 e. The second-order valence-electron chi connectivity index (χ2n) is 6.35. The number of nitrogens with zero attached hydrogens (tertiary/aromatic N) is 2. The molecule has 3 rings (SSSR count). The molecule has 1 unspecified atom stereocenters. The number of methoxy groups -OCH3 is 1. The number of rotatable bonds is 4. The van der Waals surface area contributed by atoms with Gasteiger partial charge in [0.25, 0.3) is 5.91 Å². The summed E-state index contributed by atoms with van der Waals surface area (Å²) in [4.78, 5) is 32.2. The number of anilines is 1. The first-order valence-electron chi connectivity index (χ1n) is 9.08. The lowest BCUT2D eigenvalue weighted by Crippen LogP contribution is -2.25. The summed E-state index contributed by atoms with van der Waals surface area (Å²) in [6.07, 6.45) is 2.16. The quantitative estimate of drug-likeness (QED) is 0.515. The third kappa shape index (κ3) is 5.28. The molecule has 0 radical (unpaired) electrons. The average Bonchev–Trinajstić information content (AvgIpc) is 2.77. The van der Waals surface area contributed by atoms with E-state index in [1.54, 1.807) is 18.5 Å². The summed E-state index contributed by atoms with van der Waals surface area (Å²) in [5, 5.41) is 11.9. The van der Waals surface area contributed by atoms with Crippen molar-refractivity contribution in [2.45, 2.75) is 13.0 Å². The smallest absolute Gasteiger partial charge is 0.338 e. The molecule has 7 heteroatoms. The van der Waals surface area contributed by atoms with Crippen LogP contribution in [0.25, 0.3) is 11.3 Å². The number of hydrogen-bond acceptors (Lipinski definition) is 6. The van der Waals surface area contributed by atoms with E-state index in [4.69, 9.17) is 4.74 Å². The van der Waals surface area contributed by atoms with E-state index in [1.165, 1.54) is 20.1 Å². The fourth-order valence-electron chi connectivity index (χ4n) is 2.51. The molecule has 0 saturated heterocycles. The van der Waals surface area contributed by atoms with Crippen molar-refractivity contribution in [2.24, 2.45) is 0 Å². The third-order valence-electron chi connectivity index (χ3n) is 4.07. The molecule has 0 fully saturated rings. The standard InChI is InChI=1S/C23H19N3O4/c1-15(27)22(28)26-21-13-19(23(29)30-2)12-20(25-21)18-9-7-16(8-10-18)5-6-17-4-3-11-24-14-17/h3-4,7-15,27H,1-2H3,(H,25,26,28). The van der Waals surface area contributed by atoms with Crippen LogP contribution in [0.5, 0.6) is 0 Å². The summed E-state index contributed by atoms with van der Waals surface area (Å²) in [6, 6.07) is 14.0. The minimum absolute atomic E-state index is 0.138. The Morgan fingerprint density at radius 1 is 1.10 bits per heavy atom. The Morgan fingerprint density at radius 3 is 2.47 bits per heavy atom. The number of benzene rings is 1. The van der Waals surface area contributed by atoms with Gasteiger partial charge in [-0.1, -0.05) is 24.0 Å². The topological polar surface area (TPSA) is 101 Å². The Kier molecular flexibility index (Phi) is 6.53. The summed E-state index contributed by atoms with van der Waals surface area (Å²) >= 11 is 0. The minimum Gasteiger partial charge on any atom is -0.465 e. The van der Waals surface area contributed by atoms with Gasteiger partial charge in [-0.05, 0) is 43.3 Å². The lowest BCUT2D eigenvalue weighted by molar-refractivity contribution is -0.123. The summed E-state index contributed by atoms with van der Waals surface area (Å²) < 4.78 is 4.78. The van der Waals surface area contributed by atoms with Gasteiger partial charge in [-0.15, -0.1) is 0 Å². The van der Waals surface area contributed by atoms with Crippen molar-refractivity contribution >= 4 is 17.7 Å². The number of pyridine rings is 2. The molecule has 1 aromatic carbocycles. The molecule has 2 heterocycles. The second kappa shape index (κ2) is 9.45. The molecule has 30 heavy (non-hydrogen) atoms. The van der Waals surface area contributed by atoms with Crippen LogP contribution in [-0.2, 0) is 9.53 Å². The van der Waals surface area contributed by atoms with E-state index in [9.17, 15) is 14.7 Å². The number of aliphatic hydroxyl groups is 1. The fraction of sp³-hybridized carbons (Fsp3) is 0.130. The van der Waals surface area contributed by atoms with Gasteiger partial charge in [0.1, 0.15) is 11.9 Å². The maximum atomic E-state index is 12.0. The van der Waals surface area contributed by atoms with E-state index in [2.05, 4.69) is 27.1 Å². The predicted molar refractivity (Wildman–Crippen MR) is 112 cm³/mol. The molecule has 3 aromatic rings. The number of amides is 1. The minimum atomic E-state index is -1.21. The van der Waals surface area contributed by atoms with E-state index in [-0.39, 0.29) is 11.4 Å². The molecule has 0 spiro atoms. The van der Waals surface area contributed by atoms with Gasteiger partial charge in [0.2, 0.25) is 0 Å². The van der Waals surface area contributed by atoms with Crippen LogP contribution < -0.4 is 5.32 Å². The first-order chi connectivity index (χ1) is 14.5. The average molecular weight is 401 g/mol. The highest BCUT2D eigenvalue weighted by Gasteiger charge is 2.15. The van der Waals surface area contributed by atoms with Crippen molar-refractivity contribution in [3.05, 3.63) is 77.6 Å². The Bertz CT molecular complexity index is 1110. The molecule has 0 aliphatic rings. The summed E-state index contributed by atoms with van der Waals surface area (Å²) in [6.45, 7) is 1.34. The molecule has 2 N–H and O–H groups in total. The zero-order valence-electron chi connectivity index (χ0n) is 16.4. The van der Waals surface area contributed by atoms with Gasteiger partial charge in [0.15, 0.2) is 0 Å². The highest BCUT2D eigenvalue weighted by Crippen LogP contribution is 2.22. The van der Waals surface area contributed by atoms with E-state index < -0.39 is 18.0 Å². The maximum Gasteiger partial charge on any atom is 0.338 e. The third-order valence-corrected chi connectivity index (χ3v) is 4.07. The molecular weight excluding hydrogens is 382 g/mol. The van der Waals surface area contributed by atoms with Crippen LogP contribution >= 0.6 is 0 Å². The number of carbonyl (C=O) groups excluding carboxylic acids is 2. The molecule has 1 amide bonds. The van der Waals surface area contributed by atoms with Crippen LogP contribution in [0.2, 0.25) is 0 Å². The number of nitrogens with one attached hydrogen (secondary N) is 1. The Balaban J connectivity index is 1.91. The van der Waals surface area contributed by atoms with Crippen molar-refractivity contribution in [2.75, 3.05) is 12.4 Å². The van der Waals surface area contributed by atoms with Gasteiger partial charge < -0.3 is 15.2 Å². The zero-order chi connectivity index (χ0) is 21.5. The van der Waals surface area contributed by atoms with Crippen LogP contribution in [0.15, 0.2) is 60.9 Å². The number of esters is 1. The van der Waals surface area contributed by atoms with Crippen molar-refractivity contribution in [3.63, 3.8) is 0 Å². The SMILES string of the molecule is COC(=O)c1cc(NC(=O)C(C)O)nc(-c2ccc(C#Cc3cccnc3)cc2)c1. The Hall–Kier alpha value is -4.02. The summed E-state index contributed by atoms with van der Waals surface area (Å²) in [7, 11) is 1.27. The van der Waals surface area contributed by atoms with Crippen molar-refractivity contribution < 1.29 is 19.4 Å². The number of ether oxygens (including phenoxy) is 1. The molecule has 150 valence electrons. The maximum absolute atomic E-state index is 12.0. The van der Waals surface area contributed by atoms with Crippen molar-refractivity contribution in [3.8, 4) is 23.1 Å². The number of aliphatic hydroxyl groups excluding tert-OH is 1. The van der Waals surface area contributed by atoms with Gasteiger partial charge in [0, 0.05) is 29.1 Å². The number of hydrogen-bond donors (Lipinski definition) is 2. The molecule has 0 aliphatic heterocycles.